The van der Waals surface area contributed by atoms with Crippen molar-refractivity contribution in [2.75, 3.05) is 20.8 Å². The fraction of sp³-hybridized carbons (Fsp3) is 0.500. The molecule has 1 unspecified atom stereocenters. The highest BCUT2D eigenvalue weighted by Crippen LogP contribution is 2.42. The van der Waals surface area contributed by atoms with E-state index >= 15 is 0 Å². The van der Waals surface area contributed by atoms with Crippen molar-refractivity contribution in [3.8, 4) is 17.2 Å². The van der Waals surface area contributed by atoms with Crippen LogP contribution in [-0.4, -0.2) is 32.1 Å². The van der Waals surface area contributed by atoms with Crippen LogP contribution in [0.5, 0.6) is 17.2 Å². The van der Waals surface area contributed by atoms with Crippen LogP contribution in [0.2, 0.25) is 0 Å². The van der Waals surface area contributed by atoms with Gasteiger partial charge in [-0.25, -0.2) is 0 Å². The van der Waals surface area contributed by atoms with Crippen LogP contribution in [0.4, 0.5) is 13.2 Å². The van der Waals surface area contributed by atoms with Crippen LogP contribution < -0.4 is 14.2 Å². The summed E-state index contributed by atoms with van der Waals surface area (Å²) in [5.41, 5.74) is -0.371. The monoisotopic (exact) mass is 280 g/mol. The molecule has 0 aliphatic carbocycles. The second-order valence-corrected chi connectivity index (χ2v) is 3.63. The number of hydrogen-bond acceptors (Lipinski definition) is 4. The van der Waals surface area contributed by atoms with Crippen molar-refractivity contribution in [2.45, 2.75) is 19.2 Å². The third-order valence-corrected chi connectivity index (χ3v) is 2.40. The summed E-state index contributed by atoms with van der Waals surface area (Å²) in [5.74, 6) is 0.338. The Morgan fingerprint density at radius 2 is 1.63 bits per heavy atom. The molecule has 0 amide bonds. The van der Waals surface area contributed by atoms with Gasteiger partial charge in [-0.2, -0.15) is 13.2 Å². The van der Waals surface area contributed by atoms with Crippen LogP contribution in [0.3, 0.4) is 0 Å². The lowest BCUT2D eigenvalue weighted by Crippen LogP contribution is -2.20. The highest BCUT2D eigenvalue weighted by molar-refractivity contribution is 5.54. The molecule has 0 spiro atoms. The Hall–Kier alpha value is -1.63. The number of halogens is 3. The first-order chi connectivity index (χ1) is 8.85. The fourth-order valence-electron chi connectivity index (χ4n) is 1.53. The molecule has 0 aliphatic rings. The largest absolute Gasteiger partial charge is 0.493 e. The van der Waals surface area contributed by atoms with E-state index in [1.165, 1.54) is 14.2 Å². The molecule has 0 saturated carbocycles. The lowest BCUT2D eigenvalue weighted by molar-refractivity contribution is -0.206. The van der Waals surface area contributed by atoms with Gasteiger partial charge in [0.1, 0.15) is 0 Å². The Bertz CT molecular complexity index is 406. The Morgan fingerprint density at radius 3 is 1.95 bits per heavy atom. The van der Waals surface area contributed by atoms with E-state index in [2.05, 4.69) is 0 Å². The number of aliphatic hydroxyl groups is 1. The first-order valence-electron chi connectivity index (χ1n) is 5.48. The fourth-order valence-corrected chi connectivity index (χ4v) is 1.53. The van der Waals surface area contributed by atoms with Crippen molar-refractivity contribution in [3.05, 3.63) is 17.7 Å². The number of rotatable bonds is 5. The Morgan fingerprint density at radius 1 is 1.16 bits per heavy atom. The van der Waals surface area contributed by atoms with Crippen LogP contribution in [-0.2, 0) is 0 Å². The van der Waals surface area contributed by atoms with Crippen molar-refractivity contribution < 1.29 is 32.5 Å². The van der Waals surface area contributed by atoms with Gasteiger partial charge in [0.25, 0.3) is 0 Å². The number of alkyl halides is 3. The van der Waals surface area contributed by atoms with Gasteiger partial charge in [-0.15, -0.1) is 0 Å². The van der Waals surface area contributed by atoms with Crippen molar-refractivity contribution in [1.29, 1.82) is 0 Å². The minimum absolute atomic E-state index is 0.0690. The van der Waals surface area contributed by atoms with E-state index < -0.39 is 12.3 Å². The average Bonchev–Trinajstić information content (AvgIpc) is 2.37. The smallest absolute Gasteiger partial charge is 0.418 e. The summed E-state index contributed by atoms with van der Waals surface area (Å²) in [7, 11) is 2.59. The molecular formula is C12H15F3O4. The molecule has 1 aromatic rings. The summed E-state index contributed by atoms with van der Waals surface area (Å²) in [5, 5.41) is 9.24. The first kappa shape index (κ1) is 15.4. The maximum Gasteiger partial charge on any atom is 0.418 e. The third kappa shape index (κ3) is 3.44. The molecular weight excluding hydrogens is 265 g/mol. The summed E-state index contributed by atoms with van der Waals surface area (Å²) >= 11 is 0. The number of hydrogen-bond donors (Lipinski definition) is 1. The molecule has 1 atom stereocenters. The molecule has 0 fully saturated rings. The third-order valence-electron chi connectivity index (χ3n) is 2.40. The predicted molar refractivity (Wildman–Crippen MR) is 61.7 cm³/mol. The molecule has 0 aromatic heterocycles. The van der Waals surface area contributed by atoms with Gasteiger partial charge >= 0.3 is 6.18 Å². The summed E-state index contributed by atoms with van der Waals surface area (Å²) in [6.07, 6.45) is -7.37. The standard InChI is InChI=1S/C12H15F3O4/c1-4-19-10-8(17-2)5-7(6-9(10)18-3)11(16)12(13,14)15/h5-6,11,16H,4H2,1-3H3. The van der Waals surface area contributed by atoms with Crippen LogP contribution in [0.15, 0.2) is 12.1 Å². The maximum absolute atomic E-state index is 12.5. The van der Waals surface area contributed by atoms with Crippen LogP contribution >= 0.6 is 0 Å². The Labute approximate surface area is 108 Å². The van der Waals surface area contributed by atoms with Crippen molar-refractivity contribution in [2.24, 2.45) is 0 Å². The van der Waals surface area contributed by atoms with E-state index in [-0.39, 0.29) is 22.8 Å². The highest BCUT2D eigenvalue weighted by atomic mass is 19.4. The van der Waals surface area contributed by atoms with Gasteiger partial charge in [-0.3, -0.25) is 0 Å². The van der Waals surface area contributed by atoms with Crippen molar-refractivity contribution in [1.82, 2.24) is 0 Å². The van der Waals surface area contributed by atoms with Crippen LogP contribution in [0.1, 0.15) is 18.6 Å². The summed E-state index contributed by atoms with van der Waals surface area (Å²) in [6.45, 7) is 2.02. The van der Waals surface area contributed by atoms with Crippen LogP contribution in [0.25, 0.3) is 0 Å². The molecule has 0 heterocycles. The number of aliphatic hydroxyl groups excluding tert-OH is 1. The van der Waals surface area contributed by atoms with Crippen molar-refractivity contribution >= 4 is 0 Å². The van der Waals surface area contributed by atoms with E-state index in [4.69, 9.17) is 14.2 Å². The zero-order chi connectivity index (χ0) is 14.6. The molecule has 7 heteroatoms. The second kappa shape index (κ2) is 6.01. The summed E-state index contributed by atoms with van der Waals surface area (Å²) in [6, 6.07) is 2.15. The van der Waals surface area contributed by atoms with E-state index in [1.807, 2.05) is 0 Å². The van der Waals surface area contributed by atoms with Gasteiger partial charge in [0.2, 0.25) is 5.75 Å². The number of methoxy groups -OCH3 is 2. The SMILES string of the molecule is CCOc1c(OC)cc(C(O)C(F)(F)F)cc1OC. The Kier molecular flexibility index (Phi) is 4.88. The first-order valence-corrected chi connectivity index (χ1v) is 5.48. The predicted octanol–water partition coefficient (Wildman–Crippen LogP) is 2.70. The zero-order valence-electron chi connectivity index (χ0n) is 10.7. The lowest BCUT2D eigenvalue weighted by atomic mass is 10.1. The van der Waals surface area contributed by atoms with E-state index in [1.54, 1.807) is 6.92 Å². The molecule has 108 valence electrons. The average molecular weight is 280 g/mol. The summed E-state index contributed by atoms with van der Waals surface area (Å²) in [4.78, 5) is 0. The molecule has 1 aromatic carbocycles. The lowest BCUT2D eigenvalue weighted by Gasteiger charge is -2.19. The van der Waals surface area contributed by atoms with E-state index in [0.29, 0.717) is 6.61 Å². The highest BCUT2D eigenvalue weighted by Gasteiger charge is 2.40. The normalized spacial score (nSPS) is 13.0. The molecule has 0 radical (unpaired) electrons. The quantitative estimate of drug-likeness (QED) is 0.901. The number of benzene rings is 1. The summed E-state index contributed by atoms with van der Waals surface area (Å²) < 4.78 is 52.7. The minimum atomic E-state index is -4.76. The van der Waals surface area contributed by atoms with Gasteiger partial charge in [-0.1, -0.05) is 0 Å². The topological polar surface area (TPSA) is 47.9 Å². The molecule has 0 bridgehead atoms. The van der Waals surface area contributed by atoms with E-state index in [9.17, 15) is 18.3 Å². The van der Waals surface area contributed by atoms with Crippen molar-refractivity contribution in [3.63, 3.8) is 0 Å². The van der Waals surface area contributed by atoms with E-state index in [0.717, 1.165) is 12.1 Å². The maximum atomic E-state index is 12.5. The Balaban J connectivity index is 3.30. The molecule has 1 rings (SSSR count). The number of ether oxygens (including phenoxy) is 3. The molecule has 19 heavy (non-hydrogen) atoms. The van der Waals surface area contributed by atoms with Crippen LogP contribution in [0, 0.1) is 0 Å². The molecule has 0 saturated heterocycles. The molecule has 0 aliphatic heterocycles. The van der Waals surface area contributed by atoms with Gasteiger partial charge in [0.05, 0.1) is 20.8 Å². The second-order valence-electron chi connectivity index (χ2n) is 3.63. The van der Waals surface area contributed by atoms with Gasteiger partial charge in [0, 0.05) is 0 Å². The van der Waals surface area contributed by atoms with Gasteiger partial charge < -0.3 is 19.3 Å². The zero-order valence-corrected chi connectivity index (χ0v) is 10.7. The minimum Gasteiger partial charge on any atom is -0.493 e. The molecule has 4 nitrogen and oxygen atoms in total. The van der Waals surface area contributed by atoms with Gasteiger partial charge in [-0.05, 0) is 24.6 Å². The van der Waals surface area contributed by atoms with Gasteiger partial charge in [0.15, 0.2) is 17.6 Å². The molecule has 1 N–H and O–H groups in total.